The van der Waals surface area contributed by atoms with Gasteiger partial charge in [-0.05, 0) is 38.1 Å². The minimum absolute atomic E-state index is 0.0740. The van der Waals surface area contributed by atoms with Crippen molar-refractivity contribution in [3.63, 3.8) is 0 Å². The predicted octanol–water partition coefficient (Wildman–Crippen LogP) is 2.01. The van der Waals surface area contributed by atoms with Gasteiger partial charge in [0.05, 0.1) is 0 Å². The minimum Gasteiger partial charge on any atom is -0.478 e. The molecular formula is C14H21FN2O2. The van der Waals surface area contributed by atoms with E-state index in [1.165, 1.54) is 13.1 Å². The summed E-state index contributed by atoms with van der Waals surface area (Å²) in [4.78, 5) is 11.3. The Bertz CT molecular complexity index is 437. The molecule has 4 nitrogen and oxygen atoms in total. The zero-order valence-electron chi connectivity index (χ0n) is 11.8. The Balaban J connectivity index is 2.80. The molecule has 2 atom stereocenters. The fourth-order valence-corrected chi connectivity index (χ4v) is 1.75. The van der Waals surface area contributed by atoms with Crippen LogP contribution in [0.1, 0.15) is 32.4 Å². The summed E-state index contributed by atoms with van der Waals surface area (Å²) < 4.78 is 19.2. The summed E-state index contributed by atoms with van der Waals surface area (Å²) in [6.45, 7) is 6.35. The minimum atomic E-state index is -0.725. The van der Waals surface area contributed by atoms with E-state index in [2.05, 4.69) is 10.6 Å². The first-order valence-corrected chi connectivity index (χ1v) is 6.40. The van der Waals surface area contributed by atoms with Crippen molar-refractivity contribution >= 4 is 5.91 Å². The summed E-state index contributed by atoms with van der Waals surface area (Å²) in [7, 11) is 1.51. The Hall–Kier alpha value is -1.62. The van der Waals surface area contributed by atoms with Crippen LogP contribution in [0.4, 0.5) is 4.39 Å². The molecule has 0 heterocycles. The van der Waals surface area contributed by atoms with Crippen LogP contribution in [0.5, 0.6) is 5.75 Å². The molecule has 0 saturated carbocycles. The van der Waals surface area contributed by atoms with E-state index in [1.807, 2.05) is 13.8 Å². The smallest absolute Gasteiger partial charge is 0.260 e. The van der Waals surface area contributed by atoms with Crippen molar-refractivity contribution in [2.45, 2.75) is 32.9 Å². The van der Waals surface area contributed by atoms with Crippen LogP contribution in [0.3, 0.4) is 0 Å². The monoisotopic (exact) mass is 268 g/mol. The normalized spacial score (nSPS) is 13.7. The van der Waals surface area contributed by atoms with Crippen LogP contribution < -0.4 is 15.4 Å². The van der Waals surface area contributed by atoms with Crippen LogP contribution in [0.15, 0.2) is 18.2 Å². The first-order valence-electron chi connectivity index (χ1n) is 6.40. The zero-order valence-corrected chi connectivity index (χ0v) is 11.8. The molecule has 0 saturated heterocycles. The molecule has 0 radical (unpaired) electrons. The standard InChI is InChI=1S/C14H21FN2O2/c1-5-17-9(2)11-6-7-13(12(15)8-11)19-10(3)14(18)16-4/h6-10,17H,5H2,1-4H3,(H,16,18). The quantitative estimate of drug-likeness (QED) is 0.829. The fourth-order valence-electron chi connectivity index (χ4n) is 1.75. The number of rotatable bonds is 6. The van der Waals surface area contributed by atoms with Crippen LogP contribution >= 0.6 is 0 Å². The number of likely N-dealkylation sites (N-methyl/N-ethyl adjacent to an activating group) is 1. The molecule has 1 amide bonds. The Labute approximate surface area is 113 Å². The summed E-state index contributed by atoms with van der Waals surface area (Å²) >= 11 is 0. The highest BCUT2D eigenvalue weighted by molar-refractivity contribution is 5.80. The number of carbonyl (C=O) groups is 1. The molecule has 0 aromatic heterocycles. The topological polar surface area (TPSA) is 50.4 Å². The number of hydrogen-bond donors (Lipinski definition) is 2. The second-order valence-corrected chi connectivity index (χ2v) is 4.34. The second-order valence-electron chi connectivity index (χ2n) is 4.34. The Morgan fingerprint density at radius 3 is 2.63 bits per heavy atom. The summed E-state index contributed by atoms with van der Waals surface area (Å²) in [6.07, 6.45) is -0.725. The zero-order chi connectivity index (χ0) is 14.4. The molecule has 0 spiro atoms. The number of hydrogen-bond acceptors (Lipinski definition) is 3. The molecular weight excluding hydrogens is 247 g/mol. The molecule has 19 heavy (non-hydrogen) atoms. The molecule has 0 aliphatic heterocycles. The molecule has 2 N–H and O–H groups in total. The molecule has 1 rings (SSSR count). The van der Waals surface area contributed by atoms with Gasteiger partial charge in [0.2, 0.25) is 0 Å². The molecule has 106 valence electrons. The molecule has 5 heteroatoms. The summed E-state index contributed by atoms with van der Waals surface area (Å²) in [5.74, 6) is -0.661. The van der Waals surface area contributed by atoms with Crippen LogP contribution in [-0.2, 0) is 4.79 Å². The number of nitrogens with one attached hydrogen (secondary N) is 2. The first kappa shape index (κ1) is 15.4. The fraction of sp³-hybridized carbons (Fsp3) is 0.500. The summed E-state index contributed by atoms with van der Waals surface area (Å²) in [5.41, 5.74) is 0.847. The summed E-state index contributed by atoms with van der Waals surface area (Å²) in [6, 6.07) is 4.85. The van der Waals surface area contributed by atoms with Crippen molar-refractivity contribution in [2.24, 2.45) is 0 Å². The van der Waals surface area contributed by atoms with Crippen LogP contribution in [0.2, 0.25) is 0 Å². The maximum atomic E-state index is 13.9. The highest BCUT2D eigenvalue weighted by Gasteiger charge is 2.16. The molecule has 2 unspecified atom stereocenters. The molecule has 0 fully saturated rings. The number of amides is 1. The van der Waals surface area contributed by atoms with E-state index in [-0.39, 0.29) is 17.7 Å². The van der Waals surface area contributed by atoms with Crippen molar-refractivity contribution in [3.8, 4) is 5.75 Å². The highest BCUT2D eigenvalue weighted by Crippen LogP contribution is 2.23. The second kappa shape index (κ2) is 7.09. The highest BCUT2D eigenvalue weighted by atomic mass is 19.1. The average molecular weight is 268 g/mol. The lowest BCUT2D eigenvalue weighted by molar-refractivity contribution is -0.126. The lowest BCUT2D eigenvalue weighted by Gasteiger charge is -2.16. The Morgan fingerprint density at radius 2 is 2.11 bits per heavy atom. The first-order chi connectivity index (χ1) is 8.99. The number of halogens is 1. The number of carbonyl (C=O) groups excluding carboxylic acids is 1. The van der Waals surface area contributed by atoms with Crippen molar-refractivity contribution in [3.05, 3.63) is 29.6 Å². The van der Waals surface area contributed by atoms with Crippen LogP contribution in [0, 0.1) is 5.82 Å². The van der Waals surface area contributed by atoms with Gasteiger partial charge in [0.1, 0.15) is 0 Å². The Kier molecular flexibility index (Phi) is 5.76. The molecule has 0 aliphatic rings. The third kappa shape index (κ3) is 4.21. The van der Waals surface area contributed by atoms with E-state index in [0.29, 0.717) is 0 Å². The van der Waals surface area contributed by atoms with Gasteiger partial charge in [-0.1, -0.05) is 13.0 Å². The van der Waals surface area contributed by atoms with E-state index < -0.39 is 11.9 Å². The third-order valence-electron chi connectivity index (χ3n) is 2.89. The van der Waals surface area contributed by atoms with Crippen LogP contribution in [0.25, 0.3) is 0 Å². The van der Waals surface area contributed by atoms with Crippen molar-refractivity contribution < 1.29 is 13.9 Å². The van der Waals surface area contributed by atoms with E-state index in [0.717, 1.165) is 12.1 Å². The van der Waals surface area contributed by atoms with Gasteiger partial charge in [0.15, 0.2) is 17.7 Å². The lowest BCUT2D eigenvalue weighted by Crippen LogP contribution is -2.33. The molecule has 1 aromatic rings. The van der Waals surface area contributed by atoms with Gasteiger partial charge in [0.25, 0.3) is 5.91 Å². The SMILES string of the molecule is CCNC(C)c1ccc(OC(C)C(=O)NC)c(F)c1. The van der Waals surface area contributed by atoms with Crippen molar-refractivity contribution in [1.82, 2.24) is 10.6 Å². The van der Waals surface area contributed by atoms with Crippen molar-refractivity contribution in [2.75, 3.05) is 13.6 Å². The van der Waals surface area contributed by atoms with Gasteiger partial charge < -0.3 is 15.4 Å². The van der Waals surface area contributed by atoms with Crippen LogP contribution in [-0.4, -0.2) is 25.6 Å². The maximum Gasteiger partial charge on any atom is 0.260 e. The lowest BCUT2D eigenvalue weighted by atomic mass is 10.1. The molecule has 0 aliphatic carbocycles. The van der Waals surface area contributed by atoms with Gasteiger partial charge in [-0.2, -0.15) is 0 Å². The third-order valence-corrected chi connectivity index (χ3v) is 2.89. The maximum absolute atomic E-state index is 13.9. The number of benzene rings is 1. The van der Waals surface area contributed by atoms with E-state index >= 15 is 0 Å². The molecule has 1 aromatic carbocycles. The largest absolute Gasteiger partial charge is 0.478 e. The van der Waals surface area contributed by atoms with Crippen molar-refractivity contribution in [1.29, 1.82) is 0 Å². The van der Waals surface area contributed by atoms with Gasteiger partial charge >= 0.3 is 0 Å². The molecule has 0 bridgehead atoms. The van der Waals surface area contributed by atoms with Gasteiger partial charge in [-0.25, -0.2) is 4.39 Å². The van der Waals surface area contributed by atoms with Gasteiger partial charge in [-0.15, -0.1) is 0 Å². The van der Waals surface area contributed by atoms with Gasteiger partial charge in [-0.3, -0.25) is 4.79 Å². The average Bonchev–Trinajstić information content (AvgIpc) is 2.40. The predicted molar refractivity (Wildman–Crippen MR) is 72.6 cm³/mol. The van der Waals surface area contributed by atoms with E-state index in [9.17, 15) is 9.18 Å². The van der Waals surface area contributed by atoms with Gasteiger partial charge in [0, 0.05) is 13.1 Å². The number of ether oxygens (including phenoxy) is 1. The Morgan fingerprint density at radius 1 is 1.42 bits per heavy atom. The summed E-state index contributed by atoms with van der Waals surface area (Å²) in [5, 5.41) is 5.66. The van der Waals surface area contributed by atoms with E-state index in [4.69, 9.17) is 4.74 Å². The van der Waals surface area contributed by atoms with E-state index in [1.54, 1.807) is 19.1 Å².